The lowest BCUT2D eigenvalue weighted by Crippen LogP contribution is -2.29. The second-order valence-electron chi connectivity index (χ2n) is 6.49. The van der Waals surface area contributed by atoms with E-state index in [9.17, 15) is 18.0 Å². The molecule has 0 radical (unpaired) electrons. The number of nitrogens with one attached hydrogen (secondary N) is 1. The summed E-state index contributed by atoms with van der Waals surface area (Å²) in [7, 11) is 2.08. The van der Waals surface area contributed by atoms with Gasteiger partial charge in [-0.2, -0.15) is 13.2 Å². The third-order valence-corrected chi connectivity index (χ3v) is 5.59. The Hall–Kier alpha value is -1.93. The molecule has 26 heavy (non-hydrogen) atoms. The average Bonchev–Trinajstić information content (AvgIpc) is 3.10. The summed E-state index contributed by atoms with van der Waals surface area (Å²) in [6.07, 6.45) is -2.43. The first-order valence-corrected chi connectivity index (χ1v) is 9.30. The van der Waals surface area contributed by atoms with Crippen molar-refractivity contribution < 1.29 is 18.0 Å². The predicted molar refractivity (Wildman–Crippen MR) is 94.2 cm³/mol. The van der Waals surface area contributed by atoms with Gasteiger partial charge in [0, 0.05) is 17.8 Å². The number of hydrogen-bond acceptors (Lipinski definition) is 4. The van der Waals surface area contributed by atoms with E-state index >= 15 is 0 Å². The van der Waals surface area contributed by atoms with Crippen LogP contribution < -0.4 is 5.32 Å². The Kier molecular flexibility index (Phi) is 5.62. The maximum Gasteiger partial charge on any atom is 0.416 e. The number of rotatable bonds is 4. The molecule has 0 atom stereocenters. The minimum absolute atomic E-state index is 0.0409. The number of carbonyl (C=O) groups excluding carboxylic acids is 1. The summed E-state index contributed by atoms with van der Waals surface area (Å²) in [6.45, 7) is 1.82. The van der Waals surface area contributed by atoms with Gasteiger partial charge in [0.15, 0.2) is 0 Å². The molecule has 140 valence electrons. The average molecular weight is 383 g/mol. The predicted octanol–water partition coefficient (Wildman–Crippen LogP) is 3.90. The molecule has 3 rings (SSSR count). The van der Waals surface area contributed by atoms with Crippen LogP contribution in [0.25, 0.3) is 0 Å². The molecule has 1 aliphatic rings. The number of hydrogen-bond donors (Lipinski definition) is 1. The smallest absolute Gasteiger partial charge is 0.347 e. The fourth-order valence-corrected chi connectivity index (χ4v) is 4.02. The molecule has 1 saturated heterocycles. The highest BCUT2D eigenvalue weighted by Gasteiger charge is 2.33. The van der Waals surface area contributed by atoms with Crippen LogP contribution >= 0.6 is 11.3 Å². The number of likely N-dealkylation sites (tertiary alicyclic amines) is 1. The van der Waals surface area contributed by atoms with Gasteiger partial charge in [-0.1, -0.05) is 18.2 Å². The number of carbonyl (C=O) groups is 1. The van der Waals surface area contributed by atoms with Crippen LogP contribution in [0.4, 0.5) is 13.2 Å². The normalized spacial score (nSPS) is 16.6. The molecule has 4 nitrogen and oxygen atoms in total. The van der Waals surface area contributed by atoms with E-state index in [1.54, 1.807) is 5.38 Å². The number of piperidine rings is 1. The van der Waals surface area contributed by atoms with Crippen molar-refractivity contribution >= 4 is 17.2 Å². The van der Waals surface area contributed by atoms with Crippen molar-refractivity contribution in [2.75, 3.05) is 20.1 Å². The molecule has 1 amide bonds. The van der Waals surface area contributed by atoms with Crippen LogP contribution in [-0.4, -0.2) is 35.9 Å². The lowest BCUT2D eigenvalue weighted by Gasteiger charge is -2.27. The Bertz CT molecular complexity index is 767. The van der Waals surface area contributed by atoms with Gasteiger partial charge in [-0.25, -0.2) is 4.98 Å². The first-order valence-electron chi connectivity index (χ1n) is 8.42. The number of alkyl halides is 3. The zero-order chi connectivity index (χ0) is 18.7. The van der Waals surface area contributed by atoms with Gasteiger partial charge in [0.2, 0.25) is 0 Å². The summed E-state index contributed by atoms with van der Waals surface area (Å²) in [4.78, 5) is 18.9. The Balaban J connectivity index is 1.63. The Morgan fingerprint density at radius 2 is 2.00 bits per heavy atom. The highest BCUT2D eigenvalue weighted by Crippen LogP contribution is 2.32. The number of benzene rings is 1. The van der Waals surface area contributed by atoms with E-state index in [1.807, 2.05) is 0 Å². The quantitative estimate of drug-likeness (QED) is 0.871. The minimum atomic E-state index is -4.44. The number of nitrogens with zero attached hydrogens (tertiary/aromatic N) is 2. The van der Waals surface area contributed by atoms with E-state index in [4.69, 9.17) is 0 Å². The molecular weight excluding hydrogens is 363 g/mol. The summed E-state index contributed by atoms with van der Waals surface area (Å²) in [5.74, 6) is -0.0962. The molecule has 1 fully saturated rings. The van der Waals surface area contributed by atoms with Gasteiger partial charge >= 0.3 is 6.18 Å². The van der Waals surface area contributed by atoms with Gasteiger partial charge in [0.25, 0.3) is 5.91 Å². The summed E-state index contributed by atoms with van der Waals surface area (Å²) in [5.41, 5.74) is -0.418. The Morgan fingerprint density at radius 3 is 2.69 bits per heavy atom. The molecule has 1 aliphatic heterocycles. The fraction of sp³-hybridized carbons (Fsp3) is 0.444. The van der Waals surface area contributed by atoms with E-state index in [1.165, 1.54) is 29.5 Å². The summed E-state index contributed by atoms with van der Waals surface area (Å²) in [5, 5.41) is 5.16. The number of thiazole rings is 1. The van der Waals surface area contributed by atoms with Crippen molar-refractivity contribution in [2.24, 2.45) is 0 Å². The van der Waals surface area contributed by atoms with Crippen LogP contribution in [0.5, 0.6) is 0 Å². The highest BCUT2D eigenvalue weighted by atomic mass is 32.1. The second-order valence-corrected chi connectivity index (χ2v) is 7.38. The van der Waals surface area contributed by atoms with Gasteiger partial charge in [-0.15, -0.1) is 11.3 Å². The van der Waals surface area contributed by atoms with Gasteiger partial charge in [-0.05, 0) is 44.6 Å². The molecule has 1 aromatic carbocycles. The molecule has 0 bridgehead atoms. The van der Waals surface area contributed by atoms with E-state index in [0.717, 1.165) is 37.0 Å². The molecule has 1 aromatic heterocycles. The van der Waals surface area contributed by atoms with E-state index < -0.39 is 17.6 Å². The Morgan fingerprint density at radius 1 is 1.31 bits per heavy atom. The summed E-state index contributed by atoms with van der Waals surface area (Å²) in [6, 6.07) is 5.25. The standard InChI is InChI=1S/C18H20F3N3OS/c1-24-8-6-12(7-9-24)17-23-15(11-26-17)16(25)22-10-13-4-2-3-5-14(13)18(19,20)21/h2-5,11-12H,6-10H2,1H3,(H,22,25). The van der Waals surface area contributed by atoms with Crippen LogP contribution in [0, 0.1) is 0 Å². The topological polar surface area (TPSA) is 45.2 Å². The van der Waals surface area contributed by atoms with Crippen molar-refractivity contribution in [1.29, 1.82) is 0 Å². The third-order valence-electron chi connectivity index (χ3n) is 4.58. The van der Waals surface area contributed by atoms with Crippen molar-refractivity contribution in [3.8, 4) is 0 Å². The number of amides is 1. The van der Waals surface area contributed by atoms with E-state index in [2.05, 4.69) is 22.2 Å². The molecule has 0 unspecified atom stereocenters. The molecule has 2 heterocycles. The van der Waals surface area contributed by atoms with Crippen LogP contribution in [0.2, 0.25) is 0 Å². The molecule has 0 spiro atoms. The molecule has 1 N–H and O–H groups in total. The monoisotopic (exact) mass is 383 g/mol. The number of aromatic nitrogens is 1. The first-order chi connectivity index (χ1) is 12.3. The third kappa shape index (κ3) is 4.42. The van der Waals surface area contributed by atoms with Gasteiger partial charge in [0.05, 0.1) is 10.6 Å². The molecule has 0 aliphatic carbocycles. The van der Waals surface area contributed by atoms with E-state index in [0.29, 0.717) is 5.92 Å². The molecule has 2 aromatic rings. The summed E-state index contributed by atoms with van der Waals surface area (Å²) >= 11 is 1.44. The van der Waals surface area contributed by atoms with Crippen LogP contribution in [0.1, 0.15) is 45.4 Å². The summed E-state index contributed by atoms with van der Waals surface area (Å²) < 4.78 is 39.0. The zero-order valence-corrected chi connectivity index (χ0v) is 15.2. The lowest BCUT2D eigenvalue weighted by atomic mass is 9.98. The van der Waals surface area contributed by atoms with Crippen LogP contribution in [-0.2, 0) is 12.7 Å². The minimum Gasteiger partial charge on any atom is -0.347 e. The SMILES string of the molecule is CN1CCC(c2nc(C(=O)NCc3ccccc3C(F)(F)F)cs2)CC1. The van der Waals surface area contributed by atoms with Crippen LogP contribution in [0.15, 0.2) is 29.6 Å². The van der Waals surface area contributed by atoms with Crippen molar-refractivity contribution in [3.63, 3.8) is 0 Å². The van der Waals surface area contributed by atoms with Crippen molar-refractivity contribution in [2.45, 2.75) is 31.5 Å². The van der Waals surface area contributed by atoms with Crippen LogP contribution in [0.3, 0.4) is 0 Å². The lowest BCUT2D eigenvalue weighted by molar-refractivity contribution is -0.138. The Labute approximate surface area is 154 Å². The van der Waals surface area contributed by atoms with E-state index in [-0.39, 0.29) is 17.8 Å². The molecule has 0 saturated carbocycles. The maximum absolute atomic E-state index is 13.0. The largest absolute Gasteiger partial charge is 0.416 e. The zero-order valence-electron chi connectivity index (χ0n) is 14.3. The van der Waals surface area contributed by atoms with Gasteiger partial charge in [0.1, 0.15) is 5.69 Å². The highest BCUT2D eigenvalue weighted by molar-refractivity contribution is 7.09. The molecule has 8 heteroatoms. The van der Waals surface area contributed by atoms with Gasteiger partial charge < -0.3 is 10.2 Å². The van der Waals surface area contributed by atoms with Crippen molar-refractivity contribution in [1.82, 2.24) is 15.2 Å². The number of halogens is 3. The van der Waals surface area contributed by atoms with Gasteiger partial charge in [-0.3, -0.25) is 4.79 Å². The maximum atomic E-state index is 13.0. The molecular formula is C18H20F3N3OS. The van der Waals surface area contributed by atoms with Crippen molar-refractivity contribution in [3.05, 3.63) is 51.5 Å². The second kappa shape index (κ2) is 7.75. The fourth-order valence-electron chi connectivity index (χ4n) is 3.05. The first kappa shape index (κ1) is 18.8.